The summed E-state index contributed by atoms with van der Waals surface area (Å²) in [6.07, 6.45) is 5.12. The number of nitrogens with one attached hydrogen (secondary N) is 2. The fourth-order valence-corrected chi connectivity index (χ4v) is 6.17. The van der Waals surface area contributed by atoms with Crippen molar-refractivity contribution < 1.29 is 14.3 Å². The molecule has 0 bridgehead atoms. The Labute approximate surface area is 266 Å². The van der Waals surface area contributed by atoms with Gasteiger partial charge >= 0.3 is 6.09 Å². The molecular weight excluding hydrogens is 574 g/mol. The Morgan fingerprint density at radius 3 is 2.20 bits per heavy atom. The van der Waals surface area contributed by atoms with Gasteiger partial charge in [0.25, 0.3) is 5.91 Å². The molecule has 2 amide bonds. The zero-order valence-electron chi connectivity index (χ0n) is 26.2. The van der Waals surface area contributed by atoms with E-state index in [1.54, 1.807) is 6.07 Å². The number of ether oxygens (including phenoxy) is 1. The smallest absolute Gasteiger partial charge is 0.407 e. The van der Waals surface area contributed by atoms with Crippen molar-refractivity contribution in [1.29, 1.82) is 0 Å². The second-order valence-electron chi connectivity index (χ2n) is 13.0. The molecule has 0 spiro atoms. The molecule has 0 aliphatic carbocycles. The van der Waals surface area contributed by atoms with E-state index in [0.29, 0.717) is 10.6 Å². The number of nitrogens with zero attached hydrogens (tertiary/aromatic N) is 3. The topological polar surface area (TPSA) is 86.8 Å². The van der Waals surface area contributed by atoms with Crippen molar-refractivity contribution in [2.75, 3.05) is 31.1 Å². The first kappa shape index (κ1) is 31.8. The molecule has 3 heterocycles. The average Bonchev–Trinajstić information content (AvgIpc) is 2.99. The zero-order chi connectivity index (χ0) is 31.3. The summed E-state index contributed by atoms with van der Waals surface area (Å²) in [5.41, 5.74) is 4.25. The largest absolute Gasteiger partial charge is 0.444 e. The van der Waals surface area contributed by atoms with Crippen LogP contribution in [0.4, 0.5) is 10.6 Å². The molecule has 2 fully saturated rings. The number of rotatable bonds is 7. The SMILES string of the molecule is Cc1ccc(-c2cccc(C(=O)NC3CCN(Cc4ccc(N5CCC(NC(=O)OC(C)(C)C)CC5)nc4)CC3)c2Cl)cc1. The number of alkyl carbamates (subject to hydrolysis) is 1. The molecular formula is C35H44ClN5O3. The number of anilines is 1. The summed E-state index contributed by atoms with van der Waals surface area (Å²) in [5.74, 6) is 0.850. The standard InChI is InChI=1S/C35H44ClN5O3/c1-24-8-11-26(12-9-24)29-6-5-7-30(32(29)36)33(42)38-27-14-18-40(19-15-27)23-25-10-13-31(37-22-25)41-20-16-28(17-21-41)39-34(43)44-35(2,3)4/h5-13,22,27-28H,14-21,23H2,1-4H3,(H,38,42)(H,39,43). The number of carbonyl (C=O) groups is 2. The van der Waals surface area contributed by atoms with Gasteiger partial charge in [-0.15, -0.1) is 0 Å². The molecule has 0 atom stereocenters. The van der Waals surface area contributed by atoms with E-state index in [1.165, 1.54) is 11.1 Å². The van der Waals surface area contributed by atoms with Crippen molar-refractivity contribution in [2.45, 2.75) is 77.6 Å². The molecule has 0 saturated carbocycles. The van der Waals surface area contributed by atoms with Gasteiger partial charge in [0.2, 0.25) is 0 Å². The highest BCUT2D eigenvalue weighted by atomic mass is 35.5. The van der Waals surface area contributed by atoms with Crippen molar-refractivity contribution in [1.82, 2.24) is 20.5 Å². The van der Waals surface area contributed by atoms with Crippen LogP contribution in [0.15, 0.2) is 60.8 Å². The Kier molecular flexibility index (Phi) is 10.1. The van der Waals surface area contributed by atoms with Crippen LogP contribution in [0.5, 0.6) is 0 Å². The van der Waals surface area contributed by atoms with Crippen LogP contribution in [0.25, 0.3) is 11.1 Å². The van der Waals surface area contributed by atoms with Crippen LogP contribution in [0.2, 0.25) is 5.02 Å². The molecule has 0 unspecified atom stereocenters. The second kappa shape index (κ2) is 14.0. The van der Waals surface area contributed by atoms with E-state index in [0.717, 1.165) is 75.4 Å². The third-order valence-corrected chi connectivity index (χ3v) is 8.69. The van der Waals surface area contributed by atoms with Gasteiger partial charge in [-0.05, 0) is 76.6 Å². The minimum atomic E-state index is -0.493. The molecule has 2 aliphatic rings. The number of hydrogen-bond donors (Lipinski definition) is 2. The van der Waals surface area contributed by atoms with Gasteiger partial charge in [0.05, 0.1) is 10.6 Å². The molecule has 3 aromatic rings. The van der Waals surface area contributed by atoms with Crippen molar-refractivity contribution in [3.63, 3.8) is 0 Å². The quantitative estimate of drug-likeness (QED) is 0.311. The number of piperidine rings is 2. The zero-order valence-corrected chi connectivity index (χ0v) is 27.0. The number of aryl methyl sites for hydroxylation is 1. The first-order chi connectivity index (χ1) is 21.0. The van der Waals surface area contributed by atoms with E-state index in [1.807, 2.05) is 51.2 Å². The molecule has 9 heteroatoms. The van der Waals surface area contributed by atoms with Crippen molar-refractivity contribution >= 4 is 29.4 Å². The number of benzene rings is 2. The highest BCUT2D eigenvalue weighted by Crippen LogP contribution is 2.31. The predicted octanol–water partition coefficient (Wildman–Crippen LogP) is 6.60. The Bertz CT molecular complexity index is 1420. The minimum absolute atomic E-state index is 0.117. The van der Waals surface area contributed by atoms with Crippen LogP contribution in [0.1, 0.15) is 67.9 Å². The Hall–Kier alpha value is -3.62. The lowest BCUT2D eigenvalue weighted by atomic mass is 10.0. The van der Waals surface area contributed by atoms with E-state index in [-0.39, 0.29) is 24.1 Å². The van der Waals surface area contributed by atoms with Gasteiger partial charge in [-0.2, -0.15) is 0 Å². The molecule has 8 nitrogen and oxygen atoms in total. The van der Waals surface area contributed by atoms with E-state index >= 15 is 0 Å². The van der Waals surface area contributed by atoms with E-state index < -0.39 is 5.60 Å². The maximum Gasteiger partial charge on any atom is 0.407 e. The minimum Gasteiger partial charge on any atom is -0.444 e. The molecule has 2 aromatic carbocycles. The first-order valence-electron chi connectivity index (χ1n) is 15.6. The molecule has 0 radical (unpaired) electrons. The highest BCUT2D eigenvalue weighted by molar-refractivity contribution is 6.36. The van der Waals surface area contributed by atoms with Crippen LogP contribution in [-0.2, 0) is 11.3 Å². The Morgan fingerprint density at radius 2 is 1.57 bits per heavy atom. The lowest BCUT2D eigenvalue weighted by Crippen LogP contribution is -2.46. The molecule has 5 rings (SSSR count). The van der Waals surface area contributed by atoms with Gasteiger partial charge < -0.3 is 20.3 Å². The van der Waals surface area contributed by atoms with Crippen LogP contribution in [0, 0.1) is 6.92 Å². The first-order valence-corrected chi connectivity index (χ1v) is 16.0. The van der Waals surface area contributed by atoms with Gasteiger partial charge in [0, 0.05) is 56.6 Å². The average molecular weight is 618 g/mol. The summed E-state index contributed by atoms with van der Waals surface area (Å²) in [5, 5.41) is 6.70. The van der Waals surface area contributed by atoms with Crippen LogP contribution >= 0.6 is 11.6 Å². The van der Waals surface area contributed by atoms with Crippen molar-refractivity contribution in [2.24, 2.45) is 0 Å². The normalized spacial score (nSPS) is 16.9. The summed E-state index contributed by atoms with van der Waals surface area (Å²) >= 11 is 6.72. The summed E-state index contributed by atoms with van der Waals surface area (Å²) in [7, 11) is 0. The van der Waals surface area contributed by atoms with E-state index in [9.17, 15) is 9.59 Å². The number of pyridine rings is 1. The second-order valence-corrected chi connectivity index (χ2v) is 13.4. The molecule has 2 saturated heterocycles. The van der Waals surface area contributed by atoms with Crippen molar-refractivity contribution in [3.05, 3.63) is 82.5 Å². The lowest BCUT2D eigenvalue weighted by molar-refractivity contribution is 0.0497. The third-order valence-electron chi connectivity index (χ3n) is 8.28. The molecule has 2 aliphatic heterocycles. The van der Waals surface area contributed by atoms with Gasteiger partial charge in [0.15, 0.2) is 0 Å². The molecule has 234 valence electrons. The lowest BCUT2D eigenvalue weighted by Gasteiger charge is -2.34. The van der Waals surface area contributed by atoms with E-state index in [2.05, 4.69) is 51.6 Å². The van der Waals surface area contributed by atoms with Gasteiger partial charge in [-0.25, -0.2) is 9.78 Å². The third kappa shape index (κ3) is 8.51. The number of amides is 2. The van der Waals surface area contributed by atoms with Gasteiger partial charge in [-0.1, -0.05) is 59.6 Å². The monoisotopic (exact) mass is 617 g/mol. The number of hydrogen-bond acceptors (Lipinski definition) is 6. The Balaban J connectivity index is 1.06. The van der Waals surface area contributed by atoms with Gasteiger partial charge in [-0.3, -0.25) is 9.69 Å². The predicted molar refractivity (Wildman–Crippen MR) is 176 cm³/mol. The van der Waals surface area contributed by atoms with Crippen molar-refractivity contribution in [3.8, 4) is 11.1 Å². The van der Waals surface area contributed by atoms with Crippen LogP contribution in [0.3, 0.4) is 0 Å². The summed E-state index contributed by atoms with van der Waals surface area (Å²) in [6.45, 7) is 12.0. The molecule has 1 aromatic heterocycles. The fourth-order valence-electron chi connectivity index (χ4n) is 5.84. The fraction of sp³-hybridized carbons (Fsp3) is 0.457. The maximum absolute atomic E-state index is 13.2. The summed E-state index contributed by atoms with van der Waals surface area (Å²) < 4.78 is 5.39. The maximum atomic E-state index is 13.2. The Morgan fingerprint density at radius 1 is 0.909 bits per heavy atom. The van der Waals surface area contributed by atoms with E-state index in [4.69, 9.17) is 21.3 Å². The van der Waals surface area contributed by atoms with Crippen LogP contribution in [-0.4, -0.2) is 65.7 Å². The number of halogens is 1. The van der Waals surface area contributed by atoms with Crippen LogP contribution < -0.4 is 15.5 Å². The number of likely N-dealkylation sites (tertiary alicyclic amines) is 1. The summed E-state index contributed by atoms with van der Waals surface area (Å²) in [4.78, 5) is 34.7. The summed E-state index contributed by atoms with van der Waals surface area (Å²) in [6, 6.07) is 18.3. The molecule has 44 heavy (non-hydrogen) atoms. The molecule has 2 N–H and O–H groups in total. The van der Waals surface area contributed by atoms with Gasteiger partial charge in [0.1, 0.15) is 11.4 Å². The number of aromatic nitrogens is 1. The number of carbonyl (C=O) groups excluding carboxylic acids is 2. The highest BCUT2D eigenvalue weighted by Gasteiger charge is 2.25.